The number of allylic oxidation sites excluding steroid dienone is 1. The van der Waals surface area contributed by atoms with E-state index in [4.69, 9.17) is 0 Å². The van der Waals surface area contributed by atoms with Crippen LogP contribution < -0.4 is 0 Å². The maximum atomic E-state index is 3.77. The van der Waals surface area contributed by atoms with E-state index in [0.29, 0.717) is 0 Å². The zero-order valence-electron chi connectivity index (χ0n) is 7.37. The van der Waals surface area contributed by atoms with E-state index < -0.39 is 6.69 Å². The van der Waals surface area contributed by atoms with Gasteiger partial charge in [0.15, 0.2) is 0 Å². The average Bonchev–Trinajstić information content (AvgIpc) is 1.59. The lowest BCUT2D eigenvalue weighted by molar-refractivity contribution is 1.41. The Morgan fingerprint density at radius 2 is 2.00 bits per heavy atom. The van der Waals surface area contributed by atoms with Gasteiger partial charge in [-0.3, -0.25) is 0 Å². The highest BCUT2D eigenvalue weighted by Crippen LogP contribution is 2.15. The molecule has 0 N–H and O–H groups in total. The minimum Gasteiger partial charge on any atom is -0.127 e. The molecule has 10 heavy (non-hydrogen) atoms. The van der Waals surface area contributed by atoms with E-state index >= 15 is 0 Å². The van der Waals surface area contributed by atoms with Crippen molar-refractivity contribution in [1.82, 2.24) is 0 Å². The standard InChI is InChI=1S/C7H17BrSi2/c1-7(2)5-9-6-10(3,4)8/h5H,6,9H2,1-4H3. The molecule has 0 amide bonds. The molecule has 0 nitrogen and oxygen atoms in total. The van der Waals surface area contributed by atoms with Gasteiger partial charge in [-0.25, -0.2) is 0 Å². The van der Waals surface area contributed by atoms with E-state index in [-0.39, 0.29) is 9.52 Å². The van der Waals surface area contributed by atoms with Gasteiger partial charge < -0.3 is 0 Å². The Morgan fingerprint density at radius 1 is 1.50 bits per heavy atom. The summed E-state index contributed by atoms with van der Waals surface area (Å²) in [6, 6.07) is 0. The molecule has 0 fully saturated rings. The fraction of sp³-hybridized carbons (Fsp3) is 0.714. The third-order valence-electron chi connectivity index (χ3n) is 1.29. The van der Waals surface area contributed by atoms with Crippen molar-refractivity contribution in [2.45, 2.75) is 32.6 Å². The van der Waals surface area contributed by atoms with E-state index in [1.54, 1.807) is 0 Å². The van der Waals surface area contributed by atoms with Crippen LogP contribution in [0.25, 0.3) is 0 Å². The molecular formula is C7H17BrSi2. The molecule has 0 radical (unpaired) electrons. The van der Waals surface area contributed by atoms with Gasteiger partial charge in [0, 0.05) is 9.52 Å². The van der Waals surface area contributed by atoms with Crippen molar-refractivity contribution in [1.29, 1.82) is 0 Å². The lowest BCUT2D eigenvalue weighted by Crippen LogP contribution is -2.17. The van der Waals surface area contributed by atoms with E-state index in [1.807, 2.05) is 0 Å². The second kappa shape index (κ2) is 4.52. The first-order valence-electron chi connectivity index (χ1n) is 3.74. The summed E-state index contributed by atoms with van der Waals surface area (Å²) in [6.07, 6.45) is 0. The Morgan fingerprint density at radius 3 is 2.30 bits per heavy atom. The van der Waals surface area contributed by atoms with Gasteiger partial charge in [-0.2, -0.15) is 0 Å². The van der Waals surface area contributed by atoms with Crippen LogP contribution >= 0.6 is 15.3 Å². The maximum absolute atomic E-state index is 3.77. The molecule has 0 saturated carbocycles. The molecule has 0 bridgehead atoms. The topological polar surface area (TPSA) is 0 Å². The Bertz CT molecular complexity index is 120. The van der Waals surface area contributed by atoms with E-state index in [1.165, 1.54) is 11.2 Å². The van der Waals surface area contributed by atoms with Crippen LogP contribution in [0, 0.1) is 0 Å². The van der Waals surface area contributed by atoms with Crippen LogP contribution in [0.1, 0.15) is 13.8 Å². The van der Waals surface area contributed by atoms with E-state index in [9.17, 15) is 0 Å². The number of halogens is 1. The molecule has 0 heterocycles. The predicted molar refractivity (Wildman–Crippen MR) is 59.2 cm³/mol. The highest BCUT2D eigenvalue weighted by atomic mass is 79.9. The predicted octanol–water partition coefficient (Wildman–Crippen LogP) is 2.64. The first kappa shape index (κ1) is 10.7. The van der Waals surface area contributed by atoms with Crippen LogP contribution in [-0.4, -0.2) is 16.2 Å². The van der Waals surface area contributed by atoms with Crippen LogP contribution in [0.4, 0.5) is 0 Å². The van der Waals surface area contributed by atoms with E-state index in [2.05, 4.69) is 47.9 Å². The molecule has 0 aliphatic heterocycles. The summed E-state index contributed by atoms with van der Waals surface area (Å²) in [5.41, 5.74) is 5.44. The molecule has 0 aromatic rings. The monoisotopic (exact) mass is 236 g/mol. The molecule has 0 aromatic heterocycles. The second-order valence-corrected chi connectivity index (χ2v) is 16.4. The first-order valence-corrected chi connectivity index (χ1v) is 11.0. The van der Waals surface area contributed by atoms with E-state index in [0.717, 1.165) is 0 Å². The van der Waals surface area contributed by atoms with Crippen molar-refractivity contribution in [2.75, 3.05) is 0 Å². The first-order chi connectivity index (χ1) is 4.42. The molecular weight excluding hydrogens is 220 g/mol. The Labute approximate surface area is 75.5 Å². The number of rotatable bonds is 3. The largest absolute Gasteiger partial charge is 0.127 e. The van der Waals surface area contributed by atoms with Crippen molar-refractivity contribution in [3.8, 4) is 0 Å². The third kappa shape index (κ3) is 8.65. The van der Waals surface area contributed by atoms with Crippen molar-refractivity contribution < 1.29 is 0 Å². The SMILES string of the molecule is CC(C)=C[SiH2]C[Si](C)(C)Br. The highest BCUT2D eigenvalue weighted by Gasteiger charge is 2.13. The second-order valence-electron chi connectivity index (χ2n) is 3.54. The zero-order valence-corrected chi connectivity index (χ0v) is 11.4. The van der Waals surface area contributed by atoms with Gasteiger partial charge in [-0.05, 0) is 13.8 Å². The van der Waals surface area contributed by atoms with Gasteiger partial charge in [-0.15, -0.1) is 21.0 Å². The third-order valence-corrected chi connectivity index (χ3v) is 11.9. The van der Waals surface area contributed by atoms with Gasteiger partial charge in [0.1, 0.15) is 6.69 Å². The summed E-state index contributed by atoms with van der Waals surface area (Å²) in [5, 5.41) is 0. The minimum absolute atomic E-state index is 0.112. The van der Waals surface area contributed by atoms with Gasteiger partial charge >= 0.3 is 0 Å². The fourth-order valence-electron chi connectivity index (χ4n) is 0.704. The highest BCUT2D eigenvalue weighted by molar-refractivity contribution is 9.26. The van der Waals surface area contributed by atoms with Crippen LogP contribution in [0.3, 0.4) is 0 Å². The van der Waals surface area contributed by atoms with Gasteiger partial charge in [0.25, 0.3) is 0 Å². The van der Waals surface area contributed by atoms with Crippen LogP contribution in [-0.2, 0) is 0 Å². The fourth-order valence-corrected chi connectivity index (χ4v) is 6.66. The molecule has 0 aliphatic rings. The number of hydrogen-bond donors (Lipinski definition) is 0. The number of hydrogen-bond acceptors (Lipinski definition) is 0. The van der Waals surface area contributed by atoms with Crippen LogP contribution in [0.15, 0.2) is 11.3 Å². The summed E-state index contributed by atoms with van der Waals surface area (Å²) in [7, 11) is 0.112. The molecule has 0 aromatic carbocycles. The summed E-state index contributed by atoms with van der Waals surface area (Å²) in [5.74, 6) is 0. The molecule has 0 atom stereocenters. The van der Waals surface area contributed by atoms with Crippen molar-refractivity contribution >= 4 is 31.5 Å². The summed E-state index contributed by atoms with van der Waals surface area (Å²) in [6.45, 7) is 8.23. The molecule has 0 aliphatic carbocycles. The minimum atomic E-state index is -0.894. The summed E-state index contributed by atoms with van der Waals surface area (Å²) < 4.78 is 0. The van der Waals surface area contributed by atoms with Crippen molar-refractivity contribution in [3.63, 3.8) is 0 Å². The Hall–Kier alpha value is 0.654. The Balaban J connectivity index is 3.47. The van der Waals surface area contributed by atoms with Crippen molar-refractivity contribution in [2.24, 2.45) is 0 Å². The van der Waals surface area contributed by atoms with Gasteiger partial charge in [0.05, 0.1) is 0 Å². The average molecular weight is 237 g/mol. The molecule has 0 spiro atoms. The van der Waals surface area contributed by atoms with Gasteiger partial charge in [0.2, 0.25) is 0 Å². The molecule has 60 valence electrons. The maximum Gasteiger partial charge on any atom is 0.121 e. The summed E-state index contributed by atoms with van der Waals surface area (Å²) >= 11 is 3.77. The van der Waals surface area contributed by atoms with Crippen LogP contribution in [0.5, 0.6) is 0 Å². The quantitative estimate of drug-likeness (QED) is 0.523. The molecule has 0 rings (SSSR count). The van der Waals surface area contributed by atoms with Gasteiger partial charge in [-0.1, -0.05) is 24.3 Å². The summed E-state index contributed by atoms with van der Waals surface area (Å²) in [4.78, 5) is 0. The lowest BCUT2D eigenvalue weighted by Gasteiger charge is -2.10. The Kier molecular flexibility index (Phi) is 4.81. The molecule has 0 saturated heterocycles. The van der Waals surface area contributed by atoms with Crippen LogP contribution in [0.2, 0.25) is 18.8 Å². The normalized spacial score (nSPS) is 12.5. The zero-order chi connectivity index (χ0) is 8.20. The molecule has 3 heteroatoms. The smallest absolute Gasteiger partial charge is 0.121 e. The molecule has 0 unspecified atom stereocenters. The van der Waals surface area contributed by atoms with Crippen molar-refractivity contribution in [3.05, 3.63) is 11.3 Å². The lowest BCUT2D eigenvalue weighted by atomic mass is 10.4.